The number of ether oxygens (including phenoxy) is 2. The van der Waals surface area contributed by atoms with Crippen molar-refractivity contribution in [2.24, 2.45) is 11.7 Å². The molecule has 2 N–H and O–H groups in total. The van der Waals surface area contributed by atoms with Crippen molar-refractivity contribution in [1.82, 2.24) is 20.2 Å². The molecule has 40 heavy (non-hydrogen) atoms. The summed E-state index contributed by atoms with van der Waals surface area (Å²) >= 11 is 6.94. The molecule has 1 aliphatic rings. The number of aromatic nitrogens is 4. The van der Waals surface area contributed by atoms with Crippen LogP contribution in [0.15, 0.2) is 61.1 Å². The van der Waals surface area contributed by atoms with Crippen LogP contribution in [0.4, 0.5) is 14.5 Å². The molecule has 0 aliphatic carbocycles. The summed E-state index contributed by atoms with van der Waals surface area (Å²) in [5, 5.41) is 7.90. The van der Waals surface area contributed by atoms with Crippen molar-refractivity contribution in [1.29, 1.82) is 0 Å². The van der Waals surface area contributed by atoms with Gasteiger partial charge in [0.25, 0.3) is 0 Å². The molecule has 5 rings (SSSR count). The van der Waals surface area contributed by atoms with E-state index in [1.807, 2.05) is 0 Å². The Balaban J connectivity index is 1.55. The van der Waals surface area contributed by atoms with Gasteiger partial charge in [-0.15, -0.1) is 0 Å². The van der Waals surface area contributed by atoms with Gasteiger partial charge in [0.15, 0.2) is 23.2 Å². The first kappa shape index (κ1) is 27.4. The minimum Gasteiger partial charge on any atom is -0.493 e. The number of hydrogen-bond donors (Lipinski definition) is 1. The number of rotatable bonds is 8. The van der Waals surface area contributed by atoms with Crippen LogP contribution in [0.3, 0.4) is 0 Å². The molecule has 3 heterocycles. The molecule has 0 amide bonds. The van der Waals surface area contributed by atoms with Crippen LogP contribution < -0.4 is 20.1 Å². The number of hydrogen-bond acceptors (Lipinski definition) is 8. The molecule has 0 spiro atoms. The normalized spacial score (nSPS) is 15.7. The van der Waals surface area contributed by atoms with Gasteiger partial charge in [0.05, 0.1) is 30.9 Å². The van der Waals surface area contributed by atoms with Gasteiger partial charge in [0, 0.05) is 36.5 Å². The second-order valence-corrected chi connectivity index (χ2v) is 9.67. The predicted octanol–water partition coefficient (Wildman–Crippen LogP) is 6.17. The number of nitrogens with zero attached hydrogens (tertiary/aromatic N) is 5. The molecule has 0 bridgehead atoms. The number of benzene rings is 2. The molecule has 1 fully saturated rings. The topological polar surface area (TPSA) is 99.3 Å². The van der Waals surface area contributed by atoms with Gasteiger partial charge in [-0.2, -0.15) is 10.2 Å². The average Bonchev–Trinajstić information content (AvgIpc) is 2.99. The van der Waals surface area contributed by atoms with Crippen molar-refractivity contribution in [3.05, 3.63) is 83.3 Å². The fourth-order valence-corrected chi connectivity index (χ4v) is 4.99. The molecule has 206 valence electrons. The molecule has 11 heteroatoms. The summed E-state index contributed by atoms with van der Waals surface area (Å²) in [4.78, 5) is 10.6. The van der Waals surface area contributed by atoms with Crippen LogP contribution in [-0.4, -0.2) is 46.9 Å². The van der Waals surface area contributed by atoms with Gasteiger partial charge in [0.1, 0.15) is 16.6 Å². The van der Waals surface area contributed by atoms with E-state index in [0.717, 1.165) is 12.8 Å². The van der Waals surface area contributed by atoms with Crippen molar-refractivity contribution in [2.45, 2.75) is 12.8 Å². The number of methoxy groups -OCH3 is 1. The van der Waals surface area contributed by atoms with Gasteiger partial charge < -0.3 is 20.1 Å². The predicted molar refractivity (Wildman–Crippen MR) is 151 cm³/mol. The van der Waals surface area contributed by atoms with Gasteiger partial charge in [-0.3, -0.25) is 0 Å². The van der Waals surface area contributed by atoms with Crippen LogP contribution in [-0.2, 0) is 0 Å². The first-order chi connectivity index (χ1) is 19.5. The monoisotopic (exact) mass is 564 g/mol. The standard InChI is InChI=1S/C29H27ClF2N6O2/c1-39-26-14-21(31)5-7-24(26)40-25-6-4-19(28(27(25)30)38-12-2-3-18(15-33)17-38)13-22(32)29-34-10-9-23(37-29)20-8-11-35-36-16-20/h4-11,13-14,16,18H,2-3,12,15,17,33H2,1H3/b22-13-/t18-/m0/s1. The average molecular weight is 565 g/mol. The van der Waals surface area contributed by atoms with Crippen LogP contribution in [0.5, 0.6) is 17.2 Å². The lowest BCUT2D eigenvalue weighted by Gasteiger charge is -2.35. The van der Waals surface area contributed by atoms with E-state index in [1.54, 1.807) is 30.5 Å². The van der Waals surface area contributed by atoms with Crippen LogP contribution in [0.25, 0.3) is 23.2 Å². The molecule has 0 radical (unpaired) electrons. The Morgan fingerprint density at radius 2 is 1.98 bits per heavy atom. The summed E-state index contributed by atoms with van der Waals surface area (Å²) in [7, 11) is 1.42. The van der Waals surface area contributed by atoms with Gasteiger partial charge in [-0.05, 0) is 67.8 Å². The Labute approximate surface area is 235 Å². The van der Waals surface area contributed by atoms with Crippen molar-refractivity contribution in [3.63, 3.8) is 0 Å². The molecule has 1 atom stereocenters. The molecule has 2 aromatic carbocycles. The second-order valence-electron chi connectivity index (χ2n) is 9.29. The zero-order chi connectivity index (χ0) is 28.1. The summed E-state index contributed by atoms with van der Waals surface area (Å²) in [5.41, 5.74) is 8.32. The Morgan fingerprint density at radius 3 is 2.75 bits per heavy atom. The lowest BCUT2D eigenvalue weighted by atomic mass is 9.97. The number of nitrogens with two attached hydrogens (primary N) is 1. The largest absolute Gasteiger partial charge is 0.493 e. The zero-order valence-corrected chi connectivity index (χ0v) is 22.5. The third-order valence-corrected chi connectivity index (χ3v) is 7.02. The van der Waals surface area contributed by atoms with Crippen LogP contribution >= 0.6 is 11.6 Å². The lowest BCUT2D eigenvalue weighted by Crippen LogP contribution is -2.38. The fourth-order valence-electron chi connectivity index (χ4n) is 4.66. The van der Waals surface area contributed by atoms with E-state index >= 15 is 4.39 Å². The van der Waals surface area contributed by atoms with E-state index in [0.29, 0.717) is 53.6 Å². The Hall–Kier alpha value is -4.15. The van der Waals surface area contributed by atoms with E-state index in [9.17, 15) is 4.39 Å². The number of piperidine rings is 1. The minimum atomic E-state index is -0.637. The lowest BCUT2D eigenvalue weighted by molar-refractivity contribution is 0.375. The van der Waals surface area contributed by atoms with E-state index in [2.05, 4.69) is 25.1 Å². The van der Waals surface area contributed by atoms with Crippen molar-refractivity contribution < 1.29 is 18.3 Å². The molecule has 1 aliphatic heterocycles. The smallest absolute Gasteiger partial charge is 0.189 e. The molecule has 8 nitrogen and oxygen atoms in total. The maximum atomic E-state index is 15.7. The van der Waals surface area contributed by atoms with Gasteiger partial charge in [-0.1, -0.05) is 11.6 Å². The van der Waals surface area contributed by atoms with Gasteiger partial charge >= 0.3 is 0 Å². The third-order valence-electron chi connectivity index (χ3n) is 6.66. The maximum absolute atomic E-state index is 15.7. The first-order valence-corrected chi connectivity index (χ1v) is 13.1. The molecular weight excluding hydrogens is 538 g/mol. The van der Waals surface area contributed by atoms with Crippen LogP contribution in [0.1, 0.15) is 24.2 Å². The second kappa shape index (κ2) is 12.4. The molecule has 0 saturated carbocycles. The highest BCUT2D eigenvalue weighted by Gasteiger charge is 2.25. The van der Waals surface area contributed by atoms with E-state index in [4.69, 9.17) is 26.8 Å². The summed E-state index contributed by atoms with van der Waals surface area (Å²) in [6.45, 7) is 1.90. The Morgan fingerprint density at radius 1 is 1.12 bits per heavy atom. The number of halogens is 3. The molecule has 4 aromatic rings. The number of anilines is 1. The SMILES string of the molecule is COc1cc(F)ccc1Oc1ccc(/C=C(\F)c2nccc(-c3ccnnc3)n2)c(N2CCC[C@@H](CN)C2)c1Cl. The molecular formula is C29H27ClF2N6O2. The fraction of sp³-hybridized carbons (Fsp3) is 0.241. The van der Waals surface area contributed by atoms with Crippen molar-refractivity contribution in [2.75, 3.05) is 31.6 Å². The molecule has 2 aromatic heterocycles. The molecule has 1 saturated heterocycles. The summed E-state index contributed by atoms with van der Waals surface area (Å²) < 4.78 is 40.7. The quantitative estimate of drug-likeness (QED) is 0.271. The minimum absolute atomic E-state index is 0.0776. The van der Waals surface area contributed by atoms with Gasteiger partial charge in [-0.25, -0.2) is 18.7 Å². The van der Waals surface area contributed by atoms with E-state index in [-0.39, 0.29) is 22.5 Å². The maximum Gasteiger partial charge on any atom is 0.189 e. The van der Waals surface area contributed by atoms with Crippen molar-refractivity contribution in [3.8, 4) is 28.5 Å². The first-order valence-electron chi connectivity index (χ1n) is 12.7. The Bertz CT molecular complexity index is 1520. The van der Waals surface area contributed by atoms with Crippen LogP contribution in [0, 0.1) is 11.7 Å². The van der Waals surface area contributed by atoms with E-state index < -0.39 is 11.6 Å². The van der Waals surface area contributed by atoms with Crippen LogP contribution in [0.2, 0.25) is 5.02 Å². The highest BCUT2D eigenvalue weighted by Crippen LogP contribution is 2.44. The van der Waals surface area contributed by atoms with E-state index in [1.165, 1.54) is 43.8 Å². The van der Waals surface area contributed by atoms with Crippen molar-refractivity contribution >= 4 is 29.2 Å². The highest BCUT2D eigenvalue weighted by molar-refractivity contribution is 6.35. The summed E-state index contributed by atoms with van der Waals surface area (Å²) in [6, 6.07) is 10.7. The summed E-state index contributed by atoms with van der Waals surface area (Å²) in [6.07, 6.45) is 7.84. The Kier molecular flexibility index (Phi) is 8.47. The van der Waals surface area contributed by atoms with Gasteiger partial charge in [0.2, 0.25) is 0 Å². The highest BCUT2D eigenvalue weighted by atomic mass is 35.5. The third kappa shape index (κ3) is 6.03. The zero-order valence-electron chi connectivity index (χ0n) is 21.7. The molecule has 0 unspecified atom stereocenters. The summed E-state index contributed by atoms with van der Waals surface area (Å²) in [5.74, 6) is -0.0799.